The molecular weight excluding hydrogens is 436 g/mol. The third-order valence-electron chi connectivity index (χ3n) is 4.85. The molecule has 0 atom stereocenters. The van der Waals surface area contributed by atoms with E-state index in [0.717, 1.165) is 10.6 Å². The first kappa shape index (κ1) is 20.7. The van der Waals surface area contributed by atoms with Gasteiger partial charge in [0.2, 0.25) is 5.82 Å². The van der Waals surface area contributed by atoms with Crippen LogP contribution >= 0.6 is 11.3 Å². The first-order chi connectivity index (χ1) is 16.3. The van der Waals surface area contributed by atoms with E-state index in [1.54, 1.807) is 34.6 Å². The highest BCUT2D eigenvalue weighted by Gasteiger charge is 2.20. The molecule has 0 bridgehead atoms. The molecule has 164 valence electrons. The highest BCUT2D eigenvalue weighted by Crippen LogP contribution is 2.27. The number of aromatic nitrogens is 5. The Morgan fingerprint density at radius 1 is 1.03 bits per heavy atom. The number of carbonyl (C=O) groups is 1. The van der Waals surface area contributed by atoms with Crippen LogP contribution in [0.5, 0.6) is 5.75 Å². The van der Waals surface area contributed by atoms with Crippen LogP contribution in [-0.4, -0.2) is 36.8 Å². The van der Waals surface area contributed by atoms with Crippen molar-refractivity contribution in [2.24, 2.45) is 0 Å². The summed E-state index contributed by atoms with van der Waals surface area (Å²) in [5, 5.41) is 9.37. The number of anilines is 1. The average molecular weight is 457 g/mol. The Balaban J connectivity index is 1.37. The van der Waals surface area contributed by atoms with Crippen LogP contribution in [0.3, 0.4) is 0 Å². The number of ether oxygens (including phenoxy) is 1. The number of thiophene rings is 1. The molecule has 0 aliphatic rings. The first-order valence-corrected chi connectivity index (χ1v) is 11.2. The summed E-state index contributed by atoms with van der Waals surface area (Å²) in [6, 6.07) is 20.8. The monoisotopic (exact) mass is 456 g/mol. The van der Waals surface area contributed by atoms with Crippen LogP contribution in [0.25, 0.3) is 16.4 Å². The molecule has 2 aromatic carbocycles. The molecule has 0 aliphatic carbocycles. The van der Waals surface area contributed by atoms with Gasteiger partial charge in [0.1, 0.15) is 12.4 Å². The van der Waals surface area contributed by atoms with Crippen LogP contribution in [0.2, 0.25) is 0 Å². The van der Waals surface area contributed by atoms with E-state index in [0.29, 0.717) is 30.4 Å². The molecule has 0 fully saturated rings. The molecule has 9 heteroatoms. The molecule has 0 spiro atoms. The number of benzene rings is 2. The second-order valence-corrected chi connectivity index (χ2v) is 8.03. The number of rotatable bonds is 8. The molecule has 1 amide bonds. The summed E-state index contributed by atoms with van der Waals surface area (Å²) < 4.78 is 9.51. The Kier molecular flexibility index (Phi) is 5.94. The highest BCUT2D eigenvalue weighted by molar-refractivity contribution is 7.13. The number of nitrogens with zero attached hydrogens (tertiary/aromatic N) is 5. The number of amides is 1. The molecule has 0 radical (unpaired) electrons. The molecule has 5 aromatic rings. The standard InChI is InChI=1S/C24H20N6O2S/c31-24(26-19-9-4-5-10-20(19)32-15-14-29-13-12-25-17-29)22-27-23(21-11-6-16-33-21)30(28-22)18-7-2-1-3-8-18/h1-13,16-17H,14-15H2,(H,26,31). The normalized spacial score (nSPS) is 10.8. The average Bonchev–Trinajstić information content (AvgIpc) is 3.62. The fourth-order valence-electron chi connectivity index (χ4n) is 3.28. The van der Waals surface area contributed by atoms with Gasteiger partial charge >= 0.3 is 0 Å². The third kappa shape index (κ3) is 4.68. The number of nitrogens with one attached hydrogen (secondary N) is 1. The zero-order valence-electron chi connectivity index (χ0n) is 17.5. The van der Waals surface area contributed by atoms with Crippen molar-refractivity contribution >= 4 is 22.9 Å². The molecule has 0 saturated heterocycles. The molecular formula is C24H20N6O2S. The minimum Gasteiger partial charge on any atom is -0.490 e. The van der Waals surface area contributed by atoms with Crippen LogP contribution in [0.4, 0.5) is 5.69 Å². The van der Waals surface area contributed by atoms with Gasteiger partial charge in [0.15, 0.2) is 5.82 Å². The van der Waals surface area contributed by atoms with Crippen LogP contribution in [0.15, 0.2) is 90.8 Å². The maximum Gasteiger partial charge on any atom is 0.295 e. The van der Waals surface area contributed by atoms with Gasteiger partial charge in [-0.1, -0.05) is 36.4 Å². The lowest BCUT2D eigenvalue weighted by Gasteiger charge is -2.12. The zero-order valence-corrected chi connectivity index (χ0v) is 18.4. The summed E-state index contributed by atoms with van der Waals surface area (Å²) in [6.07, 6.45) is 5.33. The predicted molar refractivity (Wildman–Crippen MR) is 127 cm³/mol. The van der Waals surface area contributed by atoms with E-state index in [2.05, 4.69) is 20.4 Å². The van der Waals surface area contributed by atoms with Gasteiger partial charge in [-0.05, 0) is 35.7 Å². The molecule has 1 N–H and O–H groups in total. The van der Waals surface area contributed by atoms with Gasteiger partial charge in [-0.2, -0.15) is 0 Å². The van der Waals surface area contributed by atoms with Crippen molar-refractivity contribution in [2.75, 3.05) is 11.9 Å². The van der Waals surface area contributed by atoms with E-state index in [1.807, 2.05) is 76.8 Å². The summed E-state index contributed by atoms with van der Waals surface area (Å²) in [5.74, 6) is 0.863. The molecule has 33 heavy (non-hydrogen) atoms. The van der Waals surface area contributed by atoms with Crippen molar-refractivity contribution in [3.63, 3.8) is 0 Å². The Morgan fingerprint density at radius 2 is 1.88 bits per heavy atom. The van der Waals surface area contributed by atoms with E-state index in [1.165, 1.54) is 0 Å². The van der Waals surface area contributed by atoms with Gasteiger partial charge < -0.3 is 14.6 Å². The van der Waals surface area contributed by atoms with E-state index in [-0.39, 0.29) is 5.82 Å². The second kappa shape index (κ2) is 9.49. The van der Waals surface area contributed by atoms with E-state index in [9.17, 15) is 4.79 Å². The summed E-state index contributed by atoms with van der Waals surface area (Å²) in [4.78, 5) is 22.6. The van der Waals surface area contributed by atoms with Gasteiger partial charge in [-0.15, -0.1) is 16.4 Å². The summed E-state index contributed by atoms with van der Waals surface area (Å²) in [6.45, 7) is 1.09. The van der Waals surface area contributed by atoms with Crippen LogP contribution in [0, 0.1) is 0 Å². The smallest absolute Gasteiger partial charge is 0.295 e. The van der Waals surface area contributed by atoms with Gasteiger partial charge in [0.05, 0.1) is 29.1 Å². The van der Waals surface area contributed by atoms with Crippen molar-refractivity contribution in [1.29, 1.82) is 0 Å². The van der Waals surface area contributed by atoms with Crippen molar-refractivity contribution in [3.05, 3.63) is 96.7 Å². The number of hydrogen-bond acceptors (Lipinski definition) is 6. The van der Waals surface area contributed by atoms with Crippen molar-refractivity contribution in [1.82, 2.24) is 24.3 Å². The van der Waals surface area contributed by atoms with E-state index < -0.39 is 5.91 Å². The zero-order chi connectivity index (χ0) is 22.5. The molecule has 0 unspecified atom stereocenters. The number of imidazole rings is 1. The largest absolute Gasteiger partial charge is 0.490 e. The van der Waals surface area contributed by atoms with Gasteiger partial charge in [-0.25, -0.2) is 14.6 Å². The van der Waals surface area contributed by atoms with Gasteiger partial charge in [0, 0.05) is 12.4 Å². The van der Waals surface area contributed by atoms with Crippen LogP contribution < -0.4 is 10.1 Å². The van der Waals surface area contributed by atoms with Crippen LogP contribution in [-0.2, 0) is 6.54 Å². The Labute approximate surface area is 194 Å². The molecule has 3 aromatic heterocycles. The topological polar surface area (TPSA) is 86.9 Å². The van der Waals surface area contributed by atoms with Crippen molar-refractivity contribution in [3.8, 4) is 22.1 Å². The number of hydrogen-bond donors (Lipinski definition) is 1. The molecule has 3 heterocycles. The number of para-hydroxylation sites is 3. The predicted octanol–water partition coefficient (Wildman–Crippen LogP) is 4.52. The fourth-order valence-corrected chi connectivity index (χ4v) is 3.98. The first-order valence-electron chi connectivity index (χ1n) is 10.3. The maximum absolute atomic E-state index is 13.1. The maximum atomic E-state index is 13.1. The fraction of sp³-hybridized carbons (Fsp3) is 0.0833. The quantitative estimate of drug-likeness (QED) is 0.371. The van der Waals surface area contributed by atoms with E-state index in [4.69, 9.17) is 4.74 Å². The third-order valence-corrected chi connectivity index (χ3v) is 5.72. The van der Waals surface area contributed by atoms with Gasteiger partial charge in [0.25, 0.3) is 5.91 Å². The van der Waals surface area contributed by atoms with Crippen molar-refractivity contribution < 1.29 is 9.53 Å². The highest BCUT2D eigenvalue weighted by atomic mass is 32.1. The SMILES string of the molecule is O=C(Nc1ccccc1OCCn1ccnc1)c1nc(-c2cccs2)n(-c2ccccc2)n1. The summed E-state index contributed by atoms with van der Waals surface area (Å²) in [7, 11) is 0. The van der Waals surface area contributed by atoms with E-state index >= 15 is 0 Å². The second-order valence-electron chi connectivity index (χ2n) is 7.08. The summed E-state index contributed by atoms with van der Waals surface area (Å²) in [5.41, 5.74) is 1.39. The minimum atomic E-state index is -0.409. The molecule has 0 aliphatic heterocycles. The summed E-state index contributed by atoms with van der Waals surface area (Å²) >= 11 is 1.54. The molecule has 8 nitrogen and oxygen atoms in total. The van der Waals surface area contributed by atoms with Crippen LogP contribution in [0.1, 0.15) is 10.6 Å². The Hall–Kier alpha value is -4.24. The minimum absolute atomic E-state index is 0.0791. The van der Waals surface area contributed by atoms with Gasteiger partial charge in [-0.3, -0.25) is 4.79 Å². The molecule has 0 saturated carbocycles. The molecule has 5 rings (SSSR count). The Morgan fingerprint density at radius 3 is 2.67 bits per heavy atom. The van der Waals surface area contributed by atoms with Crippen molar-refractivity contribution in [2.45, 2.75) is 6.54 Å². The lowest BCUT2D eigenvalue weighted by molar-refractivity contribution is 0.101. The number of carbonyl (C=O) groups excluding carboxylic acids is 1. The lowest BCUT2D eigenvalue weighted by Crippen LogP contribution is -2.15. The Bertz CT molecular complexity index is 1330. The lowest BCUT2D eigenvalue weighted by atomic mass is 10.3.